The molecule has 1 heterocycles. The highest BCUT2D eigenvalue weighted by Crippen LogP contribution is 2.25. The Labute approximate surface area is 96.4 Å². The smallest absolute Gasteiger partial charge is 0.264 e. The van der Waals surface area contributed by atoms with Crippen molar-refractivity contribution in [2.75, 3.05) is 0 Å². The summed E-state index contributed by atoms with van der Waals surface area (Å²) >= 11 is 6.20. The summed E-state index contributed by atoms with van der Waals surface area (Å²) in [6.45, 7) is 0. The molecule has 1 aromatic heterocycles. The van der Waals surface area contributed by atoms with Gasteiger partial charge in [0.2, 0.25) is 0 Å². The Balaban J connectivity index is 2.47. The number of hydrogen-bond acceptors (Lipinski definition) is 2. The van der Waals surface area contributed by atoms with Crippen LogP contribution in [0.2, 0.25) is 0 Å². The molecule has 0 aliphatic carbocycles. The van der Waals surface area contributed by atoms with E-state index in [1.807, 2.05) is 0 Å². The van der Waals surface area contributed by atoms with Crippen LogP contribution in [0.25, 0.3) is 11.3 Å². The van der Waals surface area contributed by atoms with Crippen molar-refractivity contribution in [3.63, 3.8) is 0 Å². The lowest BCUT2D eigenvalue weighted by Crippen LogP contribution is -1.81. The van der Waals surface area contributed by atoms with Gasteiger partial charge in [-0.1, -0.05) is 0 Å². The Morgan fingerprint density at radius 1 is 1.29 bits per heavy atom. The summed E-state index contributed by atoms with van der Waals surface area (Å²) in [5.74, 6) is -0.295. The molecule has 0 amide bonds. The summed E-state index contributed by atoms with van der Waals surface area (Å²) in [6, 6.07) is 4.67. The lowest BCUT2D eigenvalue weighted by atomic mass is 10.2. The van der Waals surface area contributed by atoms with Gasteiger partial charge in [0.05, 0.1) is 4.47 Å². The van der Waals surface area contributed by atoms with E-state index in [-0.39, 0.29) is 5.82 Å². The van der Waals surface area contributed by atoms with Crippen LogP contribution in [0.15, 0.2) is 38.2 Å². The average molecular weight is 321 g/mol. The van der Waals surface area contributed by atoms with Crippen LogP contribution in [0, 0.1) is 5.82 Å². The van der Waals surface area contributed by atoms with Gasteiger partial charge in [0, 0.05) is 21.5 Å². The minimum Gasteiger partial charge on any atom is -0.439 e. The third-order valence-corrected chi connectivity index (χ3v) is 2.66. The molecule has 0 aliphatic heterocycles. The maximum atomic E-state index is 12.9. The second kappa shape index (κ2) is 3.82. The van der Waals surface area contributed by atoms with Crippen LogP contribution in [0.4, 0.5) is 4.39 Å². The molecule has 0 radical (unpaired) electrons. The molecule has 0 spiro atoms. The molecule has 0 unspecified atom stereocenters. The van der Waals surface area contributed by atoms with Gasteiger partial charge in [-0.3, -0.25) is 0 Å². The van der Waals surface area contributed by atoms with Crippen molar-refractivity contribution in [1.82, 2.24) is 4.98 Å². The summed E-state index contributed by atoms with van der Waals surface area (Å²) in [5.41, 5.74) is 1.46. The molecule has 0 fully saturated rings. The molecule has 1 aromatic carbocycles. The minimum absolute atomic E-state index is 0.295. The highest BCUT2D eigenvalue weighted by molar-refractivity contribution is 9.10. The summed E-state index contributed by atoms with van der Waals surface area (Å²) < 4.78 is 18.3. The van der Waals surface area contributed by atoms with Crippen LogP contribution in [-0.4, -0.2) is 4.98 Å². The molecule has 14 heavy (non-hydrogen) atoms. The molecule has 2 aromatic rings. The normalized spacial score (nSPS) is 10.5. The standard InChI is InChI=1S/C9H4Br2FNO/c10-6-3-5(1-2-7(6)12)8-4-14-9(11)13-8/h1-4H. The number of hydrogen-bond donors (Lipinski definition) is 0. The Morgan fingerprint density at radius 3 is 2.64 bits per heavy atom. The van der Waals surface area contributed by atoms with Crippen LogP contribution in [0.5, 0.6) is 0 Å². The van der Waals surface area contributed by atoms with Gasteiger partial charge < -0.3 is 4.42 Å². The first kappa shape index (κ1) is 9.86. The van der Waals surface area contributed by atoms with Gasteiger partial charge in [-0.05, 0) is 34.1 Å². The summed E-state index contributed by atoms with van der Waals surface area (Å²) in [7, 11) is 0. The zero-order valence-corrected chi connectivity index (χ0v) is 9.97. The fourth-order valence-corrected chi connectivity index (χ4v) is 1.70. The van der Waals surface area contributed by atoms with Crippen molar-refractivity contribution in [1.29, 1.82) is 0 Å². The van der Waals surface area contributed by atoms with Crippen LogP contribution in [0.1, 0.15) is 0 Å². The Hall–Kier alpha value is -0.680. The van der Waals surface area contributed by atoms with Crippen molar-refractivity contribution in [2.24, 2.45) is 0 Å². The van der Waals surface area contributed by atoms with Crippen LogP contribution in [0.3, 0.4) is 0 Å². The van der Waals surface area contributed by atoms with Crippen molar-refractivity contribution in [3.8, 4) is 11.3 Å². The van der Waals surface area contributed by atoms with E-state index in [0.29, 0.717) is 15.0 Å². The summed E-state index contributed by atoms with van der Waals surface area (Å²) in [4.78, 5) is 4.47. The maximum Gasteiger partial charge on any atom is 0.264 e. The highest BCUT2D eigenvalue weighted by Gasteiger charge is 2.06. The van der Waals surface area contributed by atoms with E-state index in [1.165, 1.54) is 12.3 Å². The topological polar surface area (TPSA) is 26.0 Å². The first-order chi connectivity index (χ1) is 6.66. The summed E-state index contributed by atoms with van der Waals surface area (Å²) in [5, 5.41) is 0. The van der Waals surface area contributed by atoms with Gasteiger partial charge in [-0.2, -0.15) is 0 Å². The first-order valence-corrected chi connectivity index (χ1v) is 5.32. The zero-order chi connectivity index (χ0) is 10.1. The molecule has 2 rings (SSSR count). The predicted molar refractivity (Wildman–Crippen MR) is 57.3 cm³/mol. The van der Waals surface area contributed by atoms with E-state index >= 15 is 0 Å². The van der Waals surface area contributed by atoms with E-state index in [4.69, 9.17) is 4.42 Å². The third kappa shape index (κ3) is 1.88. The fraction of sp³-hybridized carbons (Fsp3) is 0. The van der Waals surface area contributed by atoms with Gasteiger partial charge in [0.25, 0.3) is 4.80 Å². The number of aromatic nitrogens is 1. The quantitative estimate of drug-likeness (QED) is 0.793. The molecule has 0 N–H and O–H groups in total. The number of oxazole rings is 1. The molecule has 2 nitrogen and oxygen atoms in total. The Kier molecular flexibility index (Phi) is 2.69. The van der Waals surface area contributed by atoms with Crippen LogP contribution >= 0.6 is 31.9 Å². The Morgan fingerprint density at radius 2 is 2.07 bits per heavy atom. The van der Waals surface area contributed by atoms with E-state index in [1.54, 1.807) is 12.1 Å². The zero-order valence-electron chi connectivity index (χ0n) is 6.80. The van der Waals surface area contributed by atoms with Gasteiger partial charge in [0.15, 0.2) is 0 Å². The Bertz CT molecular complexity index is 470. The van der Waals surface area contributed by atoms with Crippen molar-refractivity contribution in [2.45, 2.75) is 0 Å². The lowest BCUT2D eigenvalue weighted by molar-refractivity contribution is 0.529. The van der Waals surface area contributed by atoms with E-state index in [0.717, 1.165) is 5.56 Å². The molecular weight excluding hydrogens is 317 g/mol. The molecule has 0 bridgehead atoms. The predicted octanol–water partition coefficient (Wildman–Crippen LogP) is 4.01. The number of benzene rings is 1. The third-order valence-electron chi connectivity index (χ3n) is 1.69. The van der Waals surface area contributed by atoms with E-state index < -0.39 is 0 Å². The maximum absolute atomic E-state index is 12.9. The molecule has 5 heteroatoms. The second-order valence-electron chi connectivity index (χ2n) is 2.61. The van der Waals surface area contributed by atoms with Gasteiger partial charge >= 0.3 is 0 Å². The van der Waals surface area contributed by atoms with Crippen molar-refractivity contribution in [3.05, 3.63) is 39.6 Å². The fourth-order valence-electron chi connectivity index (χ4n) is 1.04. The molecule has 0 saturated carbocycles. The molecule has 0 saturated heterocycles. The van der Waals surface area contributed by atoms with Crippen molar-refractivity contribution < 1.29 is 8.81 Å². The monoisotopic (exact) mass is 319 g/mol. The molecular formula is C9H4Br2FNO. The van der Waals surface area contributed by atoms with Crippen LogP contribution in [-0.2, 0) is 0 Å². The first-order valence-electron chi connectivity index (χ1n) is 3.73. The average Bonchev–Trinajstić information content (AvgIpc) is 2.57. The lowest BCUT2D eigenvalue weighted by Gasteiger charge is -1.97. The summed E-state index contributed by atoms with van der Waals surface area (Å²) in [6.07, 6.45) is 1.50. The van der Waals surface area contributed by atoms with E-state index in [2.05, 4.69) is 36.8 Å². The number of rotatable bonds is 1. The molecule has 72 valence electrons. The minimum atomic E-state index is -0.295. The van der Waals surface area contributed by atoms with Crippen molar-refractivity contribution >= 4 is 31.9 Å². The SMILES string of the molecule is Fc1ccc(-c2coc(Br)n2)cc1Br. The molecule has 0 aliphatic rings. The van der Waals surface area contributed by atoms with Gasteiger partial charge in [0.1, 0.15) is 17.8 Å². The number of halogens is 3. The largest absolute Gasteiger partial charge is 0.439 e. The van der Waals surface area contributed by atoms with E-state index in [9.17, 15) is 4.39 Å². The van der Waals surface area contributed by atoms with Crippen LogP contribution < -0.4 is 0 Å². The highest BCUT2D eigenvalue weighted by atomic mass is 79.9. The molecule has 0 atom stereocenters. The van der Waals surface area contributed by atoms with Gasteiger partial charge in [-0.15, -0.1) is 0 Å². The van der Waals surface area contributed by atoms with Gasteiger partial charge in [-0.25, -0.2) is 9.37 Å². The second-order valence-corrected chi connectivity index (χ2v) is 4.15. The number of nitrogens with zero attached hydrogens (tertiary/aromatic N) is 1.